The van der Waals surface area contributed by atoms with E-state index in [0.717, 1.165) is 6.07 Å². The van der Waals surface area contributed by atoms with Gasteiger partial charge < -0.3 is 10.1 Å². The van der Waals surface area contributed by atoms with Crippen LogP contribution in [0.4, 0.5) is 18.9 Å². The number of rotatable bonds is 4. The summed E-state index contributed by atoms with van der Waals surface area (Å²) in [6, 6.07) is 1.51. The number of nitrogens with zero attached hydrogens (tertiary/aromatic N) is 2. The Kier molecular flexibility index (Phi) is 4.87. The van der Waals surface area contributed by atoms with Gasteiger partial charge in [-0.15, -0.1) is 0 Å². The summed E-state index contributed by atoms with van der Waals surface area (Å²) >= 11 is 0. The van der Waals surface area contributed by atoms with Gasteiger partial charge in [0, 0.05) is 32.2 Å². The molecule has 0 unspecified atom stereocenters. The van der Waals surface area contributed by atoms with Crippen molar-refractivity contribution >= 4 is 5.69 Å². The summed E-state index contributed by atoms with van der Waals surface area (Å²) in [4.78, 5) is 11.5. The monoisotopic (exact) mass is 319 g/mol. The Morgan fingerprint density at radius 3 is 2.50 bits per heavy atom. The number of nitro benzene ring substituents is 1. The number of piperazine rings is 1. The van der Waals surface area contributed by atoms with E-state index in [9.17, 15) is 23.3 Å². The minimum Gasteiger partial charge on any atom is -0.490 e. The molecule has 2 rings (SSSR count). The molecular formula is C13H16F3N3O3. The molecule has 0 amide bonds. The standard InChI is InChI=1S/C13H16F3N3O3/c1-22-11-3-2-9(8-10(11)19(20)21)12(13(14,15)16)18-6-4-17-5-7-18/h2-3,8,12,17H,4-7H2,1H3/t12-/m1/s1. The highest BCUT2D eigenvalue weighted by Crippen LogP contribution is 2.40. The fourth-order valence-corrected chi connectivity index (χ4v) is 2.57. The second kappa shape index (κ2) is 6.49. The van der Waals surface area contributed by atoms with Gasteiger partial charge in [0.15, 0.2) is 5.75 Å². The second-order valence-corrected chi connectivity index (χ2v) is 4.92. The molecule has 0 bridgehead atoms. The van der Waals surface area contributed by atoms with Gasteiger partial charge in [-0.3, -0.25) is 15.0 Å². The molecule has 0 saturated carbocycles. The summed E-state index contributed by atoms with van der Waals surface area (Å²) in [6.45, 7) is 1.35. The summed E-state index contributed by atoms with van der Waals surface area (Å²) in [5, 5.41) is 14.0. The molecule has 9 heteroatoms. The molecule has 1 fully saturated rings. The van der Waals surface area contributed by atoms with Crippen molar-refractivity contribution in [3.05, 3.63) is 33.9 Å². The van der Waals surface area contributed by atoms with Gasteiger partial charge in [-0.05, 0) is 11.6 Å². The molecular weight excluding hydrogens is 303 g/mol. The Labute approximate surface area is 125 Å². The van der Waals surface area contributed by atoms with Gasteiger partial charge in [0.05, 0.1) is 12.0 Å². The van der Waals surface area contributed by atoms with Crippen LogP contribution >= 0.6 is 0 Å². The van der Waals surface area contributed by atoms with E-state index in [1.165, 1.54) is 24.1 Å². The maximum Gasteiger partial charge on any atom is 0.408 e. The van der Waals surface area contributed by atoms with Gasteiger partial charge >= 0.3 is 11.9 Å². The molecule has 0 aliphatic carbocycles. The first-order valence-electron chi connectivity index (χ1n) is 6.68. The van der Waals surface area contributed by atoms with Crippen molar-refractivity contribution in [2.75, 3.05) is 33.3 Å². The van der Waals surface area contributed by atoms with Crippen LogP contribution in [0.25, 0.3) is 0 Å². The van der Waals surface area contributed by atoms with E-state index in [0.29, 0.717) is 13.1 Å². The number of benzene rings is 1. The van der Waals surface area contributed by atoms with Crippen LogP contribution in [-0.2, 0) is 0 Å². The largest absolute Gasteiger partial charge is 0.490 e. The first kappa shape index (κ1) is 16.5. The molecule has 1 heterocycles. The second-order valence-electron chi connectivity index (χ2n) is 4.92. The average molecular weight is 319 g/mol. The topological polar surface area (TPSA) is 67.6 Å². The van der Waals surface area contributed by atoms with Gasteiger partial charge in [-0.25, -0.2) is 0 Å². The Morgan fingerprint density at radius 2 is 2.00 bits per heavy atom. The van der Waals surface area contributed by atoms with E-state index in [-0.39, 0.29) is 24.4 Å². The summed E-state index contributed by atoms with van der Waals surface area (Å²) in [5.74, 6) is -0.0602. The quantitative estimate of drug-likeness (QED) is 0.680. The third-order valence-corrected chi connectivity index (χ3v) is 3.54. The van der Waals surface area contributed by atoms with Crippen LogP contribution in [-0.4, -0.2) is 49.3 Å². The predicted octanol–water partition coefficient (Wildman–Crippen LogP) is 2.11. The summed E-state index contributed by atoms with van der Waals surface area (Å²) < 4.78 is 45.2. The molecule has 0 spiro atoms. The zero-order chi connectivity index (χ0) is 16.3. The van der Waals surface area contributed by atoms with E-state index in [2.05, 4.69) is 5.32 Å². The number of nitro groups is 1. The van der Waals surface area contributed by atoms with Crippen molar-refractivity contribution in [3.8, 4) is 5.75 Å². The van der Waals surface area contributed by atoms with Crippen LogP contribution < -0.4 is 10.1 Å². The first-order chi connectivity index (χ1) is 10.3. The van der Waals surface area contributed by atoms with Crippen LogP contribution in [0.5, 0.6) is 5.75 Å². The lowest BCUT2D eigenvalue weighted by molar-refractivity contribution is -0.385. The summed E-state index contributed by atoms with van der Waals surface area (Å²) in [7, 11) is 1.24. The van der Waals surface area contributed by atoms with E-state index in [4.69, 9.17) is 4.74 Å². The smallest absolute Gasteiger partial charge is 0.408 e. The molecule has 0 radical (unpaired) electrons. The molecule has 0 aromatic heterocycles. The first-order valence-corrected chi connectivity index (χ1v) is 6.68. The van der Waals surface area contributed by atoms with Crippen molar-refractivity contribution in [1.29, 1.82) is 0 Å². The maximum absolute atomic E-state index is 13.4. The van der Waals surface area contributed by atoms with E-state index >= 15 is 0 Å². The highest BCUT2D eigenvalue weighted by molar-refractivity contribution is 5.49. The van der Waals surface area contributed by atoms with Crippen LogP contribution in [0.15, 0.2) is 18.2 Å². The highest BCUT2D eigenvalue weighted by Gasteiger charge is 2.45. The normalized spacial score (nSPS) is 18.0. The summed E-state index contributed by atoms with van der Waals surface area (Å²) in [6.07, 6.45) is -4.51. The number of methoxy groups -OCH3 is 1. The zero-order valence-corrected chi connectivity index (χ0v) is 11.9. The molecule has 22 heavy (non-hydrogen) atoms. The highest BCUT2D eigenvalue weighted by atomic mass is 19.4. The number of hydrogen-bond acceptors (Lipinski definition) is 5. The van der Waals surface area contributed by atoms with Gasteiger partial charge in [0.2, 0.25) is 0 Å². The molecule has 1 aliphatic rings. The Bertz CT molecular complexity index is 545. The number of ether oxygens (including phenoxy) is 1. The Balaban J connectivity index is 2.43. The number of halogens is 3. The fraction of sp³-hybridized carbons (Fsp3) is 0.538. The maximum atomic E-state index is 13.4. The lowest BCUT2D eigenvalue weighted by Crippen LogP contribution is -2.49. The van der Waals surface area contributed by atoms with Gasteiger partial charge in [-0.1, -0.05) is 6.07 Å². The molecule has 6 nitrogen and oxygen atoms in total. The molecule has 1 aromatic carbocycles. The van der Waals surface area contributed by atoms with Crippen LogP contribution in [0, 0.1) is 10.1 Å². The minimum absolute atomic E-state index is 0.0602. The summed E-state index contributed by atoms with van der Waals surface area (Å²) in [5.41, 5.74) is -0.619. The Morgan fingerprint density at radius 1 is 1.36 bits per heavy atom. The molecule has 1 aromatic rings. The van der Waals surface area contributed by atoms with Crippen molar-refractivity contribution in [2.45, 2.75) is 12.2 Å². The fourth-order valence-electron chi connectivity index (χ4n) is 2.57. The average Bonchev–Trinajstić information content (AvgIpc) is 2.47. The van der Waals surface area contributed by atoms with Crippen molar-refractivity contribution < 1.29 is 22.8 Å². The van der Waals surface area contributed by atoms with E-state index in [1.807, 2.05) is 0 Å². The van der Waals surface area contributed by atoms with Crippen molar-refractivity contribution in [2.24, 2.45) is 0 Å². The van der Waals surface area contributed by atoms with E-state index in [1.54, 1.807) is 0 Å². The Hall–Kier alpha value is -1.87. The van der Waals surface area contributed by atoms with Gasteiger partial charge in [-0.2, -0.15) is 13.2 Å². The minimum atomic E-state index is -4.51. The molecule has 1 aliphatic heterocycles. The number of alkyl halides is 3. The van der Waals surface area contributed by atoms with Gasteiger partial charge in [0.1, 0.15) is 6.04 Å². The third kappa shape index (κ3) is 3.47. The SMILES string of the molecule is COc1ccc([C@@H](N2CCNCC2)C(F)(F)F)cc1[N+](=O)[O-]. The van der Waals surface area contributed by atoms with E-state index < -0.39 is 22.8 Å². The van der Waals surface area contributed by atoms with Crippen molar-refractivity contribution in [3.63, 3.8) is 0 Å². The van der Waals surface area contributed by atoms with Crippen LogP contribution in [0.3, 0.4) is 0 Å². The third-order valence-electron chi connectivity index (χ3n) is 3.54. The lowest BCUT2D eigenvalue weighted by Gasteiger charge is -2.36. The van der Waals surface area contributed by atoms with Gasteiger partial charge in [0.25, 0.3) is 0 Å². The number of hydrogen-bond donors (Lipinski definition) is 1. The molecule has 1 atom stereocenters. The molecule has 122 valence electrons. The van der Waals surface area contributed by atoms with Crippen molar-refractivity contribution in [1.82, 2.24) is 10.2 Å². The van der Waals surface area contributed by atoms with Crippen LogP contribution in [0.2, 0.25) is 0 Å². The zero-order valence-electron chi connectivity index (χ0n) is 11.9. The number of nitrogens with one attached hydrogen (secondary N) is 1. The molecule has 1 saturated heterocycles. The predicted molar refractivity (Wildman–Crippen MR) is 72.9 cm³/mol. The molecule has 1 N–H and O–H groups in total. The van der Waals surface area contributed by atoms with Crippen LogP contribution in [0.1, 0.15) is 11.6 Å². The lowest BCUT2D eigenvalue weighted by atomic mass is 10.0.